The Kier molecular flexibility index (Phi) is 2.81. The van der Waals surface area contributed by atoms with E-state index in [9.17, 15) is 9.59 Å². The number of aryl methyl sites for hydroxylation is 2. The van der Waals surface area contributed by atoms with Gasteiger partial charge in [0.05, 0.1) is 5.41 Å². The molecule has 0 unspecified atom stereocenters. The summed E-state index contributed by atoms with van der Waals surface area (Å²) in [5.41, 5.74) is 2.53. The van der Waals surface area contributed by atoms with Gasteiger partial charge in [0.1, 0.15) is 0 Å². The number of carbonyl (C=O) groups excluding carboxylic acids is 1. The monoisotopic (exact) mass is 259 g/mol. The van der Waals surface area contributed by atoms with E-state index >= 15 is 0 Å². The number of hydrogen-bond acceptors (Lipinski definition) is 2. The Hall–Kier alpha value is -1.84. The van der Waals surface area contributed by atoms with E-state index in [1.165, 1.54) is 11.1 Å². The normalized spacial score (nSPS) is 18.7. The minimum absolute atomic E-state index is 0.165. The van der Waals surface area contributed by atoms with E-state index in [1.54, 1.807) is 0 Å². The molecule has 0 aliphatic heterocycles. The van der Waals surface area contributed by atoms with Gasteiger partial charge in [-0.05, 0) is 55.4 Å². The van der Waals surface area contributed by atoms with Crippen LogP contribution in [0.1, 0.15) is 40.7 Å². The highest BCUT2D eigenvalue weighted by Crippen LogP contribution is 2.45. The molecule has 4 heteroatoms. The van der Waals surface area contributed by atoms with E-state index in [-0.39, 0.29) is 12.5 Å². The fourth-order valence-corrected chi connectivity index (χ4v) is 2.68. The van der Waals surface area contributed by atoms with Crippen molar-refractivity contribution in [2.24, 2.45) is 5.41 Å². The first-order chi connectivity index (χ1) is 9.11. The highest BCUT2D eigenvalue weighted by Gasteiger charge is 2.50. The SMILES string of the molecule is O=C(NCC1(C(=O)O)CC1)c1ccc2c(c1)CCC2. The van der Waals surface area contributed by atoms with E-state index < -0.39 is 11.4 Å². The molecule has 1 aromatic rings. The van der Waals surface area contributed by atoms with E-state index in [4.69, 9.17) is 5.11 Å². The van der Waals surface area contributed by atoms with E-state index in [1.807, 2.05) is 18.2 Å². The second-order valence-electron chi connectivity index (χ2n) is 5.61. The van der Waals surface area contributed by atoms with Crippen LogP contribution in [-0.4, -0.2) is 23.5 Å². The molecule has 0 saturated heterocycles. The smallest absolute Gasteiger partial charge is 0.311 e. The van der Waals surface area contributed by atoms with Gasteiger partial charge < -0.3 is 10.4 Å². The molecule has 0 heterocycles. The zero-order valence-corrected chi connectivity index (χ0v) is 10.7. The molecule has 0 radical (unpaired) electrons. The van der Waals surface area contributed by atoms with Crippen LogP contribution in [0.3, 0.4) is 0 Å². The molecular weight excluding hydrogens is 242 g/mol. The molecule has 2 aliphatic carbocycles. The summed E-state index contributed by atoms with van der Waals surface area (Å²) in [5.74, 6) is -0.969. The molecule has 0 aromatic heterocycles. The summed E-state index contributed by atoms with van der Waals surface area (Å²) in [6.45, 7) is 0.234. The van der Waals surface area contributed by atoms with Gasteiger partial charge in [0.15, 0.2) is 0 Å². The molecule has 19 heavy (non-hydrogen) atoms. The Morgan fingerprint density at radius 1 is 1.21 bits per heavy atom. The fourth-order valence-electron chi connectivity index (χ4n) is 2.68. The predicted octanol–water partition coefficient (Wildman–Crippen LogP) is 1.77. The summed E-state index contributed by atoms with van der Waals surface area (Å²) in [5, 5.41) is 11.8. The van der Waals surface area contributed by atoms with Crippen molar-refractivity contribution in [2.45, 2.75) is 32.1 Å². The molecule has 2 N–H and O–H groups in total. The first-order valence-electron chi connectivity index (χ1n) is 6.74. The van der Waals surface area contributed by atoms with Gasteiger partial charge >= 0.3 is 5.97 Å². The molecular formula is C15H17NO3. The van der Waals surface area contributed by atoms with Gasteiger partial charge in [-0.1, -0.05) is 6.07 Å². The molecule has 1 fully saturated rings. The van der Waals surface area contributed by atoms with Crippen molar-refractivity contribution in [3.05, 3.63) is 34.9 Å². The zero-order valence-electron chi connectivity index (χ0n) is 10.7. The second-order valence-corrected chi connectivity index (χ2v) is 5.61. The lowest BCUT2D eigenvalue weighted by molar-refractivity contribution is -0.143. The molecule has 1 saturated carbocycles. The van der Waals surface area contributed by atoms with Gasteiger partial charge in [-0.25, -0.2) is 0 Å². The quantitative estimate of drug-likeness (QED) is 0.866. The van der Waals surface area contributed by atoms with Gasteiger partial charge in [-0.2, -0.15) is 0 Å². The van der Waals surface area contributed by atoms with Crippen LogP contribution in [0.4, 0.5) is 0 Å². The van der Waals surface area contributed by atoms with Crippen molar-refractivity contribution in [3.8, 4) is 0 Å². The van der Waals surface area contributed by atoms with Crippen molar-refractivity contribution < 1.29 is 14.7 Å². The molecule has 2 aliphatic rings. The topological polar surface area (TPSA) is 66.4 Å². The van der Waals surface area contributed by atoms with E-state index in [0.29, 0.717) is 18.4 Å². The highest BCUT2D eigenvalue weighted by atomic mass is 16.4. The van der Waals surface area contributed by atoms with Crippen molar-refractivity contribution in [3.63, 3.8) is 0 Å². The number of nitrogens with one attached hydrogen (secondary N) is 1. The summed E-state index contributed by atoms with van der Waals surface area (Å²) >= 11 is 0. The first-order valence-corrected chi connectivity index (χ1v) is 6.74. The minimum atomic E-state index is -0.804. The molecule has 3 rings (SSSR count). The van der Waals surface area contributed by atoms with Crippen LogP contribution in [0.5, 0.6) is 0 Å². The van der Waals surface area contributed by atoms with Crippen molar-refractivity contribution in [1.29, 1.82) is 0 Å². The van der Waals surface area contributed by atoms with Crippen LogP contribution in [0.15, 0.2) is 18.2 Å². The minimum Gasteiger partial charge on any atom is -0.481 e. The summed E-state index contributed by atoms with van der Waals surface area (Å²) in [6, 6.07) is 5.79. The third-order valence-corrected chi connectivity index (χ3v) is 4.26. The number of benzene rings is 1. The van der Waals surface area contributed by atoms with Crippen molar-refractivity contribution in [1.82, 2.24) is 5.32 Å². The standard InChI is InChI=1S/C15H17NO3/c17-13(16-9-15(6-7-15)14(18)19)12-5-4-10-2-1-3-11(10)8-12/h4-5,8H,1-3,6-7,9H2,(H,16,17)(H,18,19). The Balaban J connectivity index is 1.66. The number of fused-ring (bicyclic) bond motifs is 1. The first kappa shape index (κ1) is 12.2. The van der Waals surface area contributed by atoms with Gasteiger partial charge in [0.25, 0.3) is 5.91 Å². The van der Waals surface area contributed by atoms with Gasteiger partial charge in [-0.15, -0.1) is 0 Å². The molecule has 100 valence electrons. The summed E-state index contributed by atoms with van der Waals surface area (Å²) in [6.07, 6.45) is 4.61. The summed E-state index contributed by atoms with van der Waals surface area (Å²) < 4.78 is 0. The Labute approximate surface area is 111 Å². The predicted molar refractivity (Wildman–Crippen MR) is 70.1 cm³/mol. The van der Waals surface area contributed by atoms with Crippen LogP contribution in [0.2, 0.25) is 0 Å². The maximum absolute atomic E-state index is 12.0. The third-order valence-electron chi connectivity index (χ3n) is 4.26. The van der Waals surface area contributed by atoms with Gasteiger partial charge in [0.2, 0.25) is 0 Å². The number of carbonyl (C=O) groups is 2. The van der Waals surface area contributed by atoms with Crippen LogP contribution < -0.4 is 5.32 Å². The largest absolute Gasteiger partial charge is 0.481 e. The Morgan fingerprint density at radius 3 is 2.63 bits per heavy atom. The lowest BCUT2D eigenvalue weighted by atomic mass is 10.0. The average Bonchev–Trinajstić information content (AvgIpc) is 3.06. The van der Waals surface area contributed by atoms with Crippen LogP contribution >= 0.6 is 0 Å². The number of rotatable bonds is 4. The summed E-state index contributed by atoms with van der Waals surface area (Å²) in [7, 11) is 0. The van der Waals surface area contributed by atoms with Crippen molar-refractivity contribution >= 4 is 11.9 Å². The summed E-state index contributed by atoms with van der Waals surface area (Å²) in [4.78, 5) is 23.1. The maximum atomic E-state index is 12.0. The maximum Gasteiger partial charge on any atom is 0.311 e. The molecule has 4 nitrogen and oxygen atoms in total. The highest BCUT2D eigenvalue weighted by molar-refractivity contribution is 5.95. The third kappa shape index (κ3) is 2.23. The van der Waals surface area contributed by atoms with E-state index in [2.05, 4.69) is 5.32 Å². The molecule has 1 amide bonds. The number of carboxylic acids is 1. The van der Waals surface area contributed by atoms with Crippen LogP contribution in [0, 0.1) is 5.41 Å². The lowest BCUT2D eigenvalue weighted by Gasteiger charge is -2.11. The molecule has 0 atom stereocenters. The Morgan fingerprint density at radius 2 is 1.95 bits per heavy atom. The Bertz CT molecular complexity index is 546. The van der Waals surface area contributed by atoms with E-state index in [0.717, 1.165) is 19.3 Å². The molecule has 0 bridgehead atoms. The number of aliphatic carboxylic acids is 1. The van der Waals surface area contributed by atoms with Crippen LogP contribution in [0.25, 0.3) is 0 Å². The number of carboxylic acid groups (broad SMARTS) is 1. The van der Waals surface area contributed by atoms with Crippen LogP contribution in [-0.2, 0) is 17.6 Å². The van der Waals surface area contributed by atoms with Gasteiger partial charge in [-0.3, -0.25) is 9.59 Å². The van der Waals surface area contributed by atoms with Gasteiger partial charge in [0, 0.05) is 12.1 Å². The number of hydrogen-bond donors (Lipinski definition) is 2. The average molecular weight is 259 g/mol. The lowest BCUT2D eigenvalue weighted by Crippen LogP contribution is -2.34. The number of amides is 1. The fraction of sp³-hybridized carbons (Fsp3) is 0.467. The zero-order chi connectivity index (χ0) is 13.5. The molecule has 0 spiro atoms. The second kappa shape index (κ2) is 4.37. The van der Waals surface area contributed by atoms with Crippen molar-refractivity contribution in [2.75, 3.05) is 6.54 Å². The molecule has 1 aromatic carbocycles.